The summed E-state index contributed by atoms with van der Waals surface area (Å²) < 4.78 is 0. The lowest BCUT2D eigenvalue weighted by molar-refractivity contribution is -0.132. The van der Waals surface area contributed by atoms with Gasteiger partial charge >= 0.3 is 0 Å². The highest BCUT2D eigenvalue weighted by molar-refractivity contribution is 6.30. The van der Waals surface area contributed by atoms with Gasteiger partial charge in [-0.05, 0) is 60.0 Å². The second-order valence-electron chi connectivity index (χ2n) is 8.26. The molecule has 0 aromatic heterocycles. The molecule has 2 fully saturated rings. The fourth-order valence-electron chi connectivity index (χ4n) is 4.05. The van der Waals surface area contributed by atoms with Crippen molar-refractivity contribution in [3.8, 4) is 0 Å². The molecule has 6 nitrogen and oxygen atoms in total. The van der Waals surface area contributed by atoms with Crippen molar-refractivity contribution in [3.63, 3.8) is 0 Å². The number of hydrogen-bond donors (Lipinski definition) is 0. The monoisotopic (exact) mass is 447 g/mol. The van der Waals surface area contributed by atoms with Crippen LogP contribution in [0.3, 0.4) is 0 Å². The fraction of sp³-hybridized carbons (Fsp3) is 0.240. The molecule has 2 aliphatic rings. The van der Waals surface area contributed by atoms with Crippen LogP contribution in [-0.2, 0) is 9.59 Å². The molecule has 5 rings (SSSR count). The minimum absolute atomic E-state index is 0.00410. The summed E-state index contributed by atoms with van der Waals surface area (Å²) in [5.74, 6) is -0.526. The molecule has 0 bridgehead atoms. The summed E-state index contributed by atoms with van der Waals surface area (Å²) in [6, 6.07) is 20.5. The number of anilines is 1. The molecular formula is C25H22ClN3O3. The van der Waals surface area contributed by atoms with E-state index >= 15 is 0 Å². The Hall–Kier alpha value is -3.38. The molecule has 162 valence electrons. The number of hydrogen-bond acceptors (Lipinski definition) is 3. The Bertz CT molecular complexity index is 1210. The first-order valence-electron chi connectivity index (χ1n) is 10.6. The third kappa shape index (κ3) is 4.06. The van der Waals surface area contributed by atoms with Crippen molar-refractivity contribution in [1.82, 2.24) is 9.80 Å². The summed E-state index contributed by atoms with van der Waals surface area (Å²) in [7, 11) is 0. The number of benzene rings is 3. The molecule has 3 amide bonds. The molecule has 1 aliphatic heterocycles. The molecule has 1 heterocycles. The highest BCUT2D eigenvalue weighted by Crippen LogP contribution is 2.29. The molecule has 3 aromatic rings. The number of rotatable bonds is 5. The van der Waals surface area contributed by atoms with Crippen LogP contribution in [0.2, 0.25) is 5.02 Å². The zero-order chi connectivity index (χ0) is 22.2. The van der Waals surface area contributed by atoms with Gasteiger partial charge in [0.15, 0.2) is 0 Å². The Morgan fingerprint density at radius 1 is 0.969 bits per heavy atom. The normalized spacial score (nSPS) is 16.0. The van der Waals surface area contributed by atoms with E-state index in [-0.39, 0.29) is 43.5 Å². The summed E-state index contributed by atoms with van der Waals surface area (Å²) in [4.78, 5) is 43.5. The number of halogens is 1. The second kappa shape index (κ2) is 8.28. The van der Waals surface area contributed by atoms with Gasteiger partial charge in [-0.15, -0.1) is 0 Å². The van der Waals surface area contributed by atoms with Crippen LogP contribution in [0, 0.1) is 0 Å². The SMILES string of the molecule is O=C(CN(C(=O)c1ccc2ccccc2c1)C1CC1)N1CC(=O)N(c2ccc(Cl)cc2)C1. The number of nitrogens with zero attached hydrogens (tertiary/aromatic N) is 3. The predicted octanol–water partition coefficient (Wildman–Crippen LogP) is 3.93. The van der Waals surface area contributed by atoms with Gasteiger partial charge in [-0.25, -0.2) is 0 Å². The van der Waals surface area contributed by atoms with Gasteiger partial charge in [0.1, 0.15) is 19.8 Å². The van der Waals surface area contributed by atoms with E-state index in [2.05, 4.69) is 0 Å². The third-order valence-electron chi connectivity index (χ3n) is 5.98. The Morgan fingerprint density at radius 2 is 1.69 bits per heavy atom. The van der Waals surface area contributed by atoms with Gasteiger partial charge in [-0.3, -0.25) is 19.3 Å². The molecule has 0 radical (unpaired) electrons. The van der Waals surface area contributed by atoms with Gasteiger partial charge in [0, 0.05) is 22.3 Å². The minimum atomic E-state index is -0.226. The van der Waals surface area contributed by atoms with E-state index in [0.29, 0.717) is 16.3 Å². The summed E-state index contributed by atoms with van der Waals surface area (Å²) in [6.07, 6.45) is 1.78. The van der Waals surface area contributed by atoms with E-state index in [1.165, 1.54) is 4.90 Å². The van der Waals surface area contributed by atoms with Gasteiger partial charge in [0.25, 0.3) is 5.91 Å². The van der Waals surface area contributed by atoms with E-state index in [1.54, 1.807) is 34.1 Å². The smallest absolute Gasteiger partial charge is 0.254 e. The van der Waals surface area contributed by atoms with Gasteiger partial charge in [0.2, 0.25) is 11.8 Å². The molecular weight excluding hydrogens is 426 g/mol. The topological polar surface area (TPSA) is 60.9 Å². The summed E-state index contributed by atoms with van der Waals surface area (Å²) in [5.41, 5.74) is 1.27. The maximum absolute atomic E-state index is 13.3. The standard InChI is InChI=1S/C25H22ClN3O3/c26-20-7-9-22(10-8-20)29-16-27(14-24(29)31)23(30)15-28(21-11-12-21)25(32)19-6-5-17-3-1-2-4-18(17)13-19/h1-10,13,21H,11-12,14-16H2. The van der Waals surface area contributed by atoms with Crippen molar-refractivity contribution >= 4 is 45.8 Å². The average molecular weight is 448 g/mol. The van der Waals surface area contributed by atoms with Crippen LogP contribution in [0.25, 0.3) is 10.8 Å². The van der Waals surface area contributed by atoms with E-state index in [0.717, 1.165) is 23.6 Å². The van der Waals surface area contributed by atoms with Crippen molar-refractivity contribution in [2.75, 3.05) is 24.7 Å². The van der Waals surface area contributed by atoms with Crippen LogP contribution in [0.4, 0.5) is 5.69 Å². The number of amides is 3. The van der Waals surface area contributed by atoms with E-state index in [4.69, 9.17) is 11.6 Å². The summed E-state index contributed by atoms with van der Waals surface area (Å²) in [5, 5.41) is 2.64. The lowest BCUT2D eigenvalue weighted by Gasteiger charge is -2.25. The first-order valence-corrected chi connectivity index (χ1v) is 11.0. The molecule has 1 aliphatic carbocycles. The molecule has 1 saturated carbocycles. The molecule has 3 aromatic carbocycles. The molecule has 0 unspecified atom stereocenters. The zero-order valence-corrected chi connectivity index (χ0v) is 18.2. The van der Waals surface area contributed by atoms with Crippen molar-refractivity contribution in [2.45, 2.75) is 18.9 Å². The quantitative estimate of drug-likeness (QED) is 0.595. The van der Waals surface area contributed by atoms with Crippen LogP contribution in [-0.4, -0.2) is 53.3 Å². The first-order chi connectivity index (χ1) is 15.5. The number of carbonyl (C=O) groups is 3. The highest BCUT2D eigenvalue weighted by atomic mass is 35.5. The van der Waals surface area contributed by atoms with Crippen LogP contribution in [0.15, 0.2) is 66.7 Å². The minimum Gasteiger partial charge on any atom is -0.326 e. The van der Waals surface area contributed by atoms with E-state index in [1.807, 2.05) is 42.5 Å². The van der Waals surface area contributed by atoms with E-state index < -0.39 is 0 Å². The maximum atomic E-state index is 13.3. The van der Waals surface area contributed by atoms with E-state index in [9.17, 15) is 14.4 Å². The van der Waals surface area contributed by atoms with Gasteiger partial charge in [-0.1, -0.05) is 41.9 Å². The van der Waals surface area contributed by atoms with Gasteiger partial charge < -0.3 is 9.80 Å². The zero-order valence-electron chi connectivity index (χ0n) is 17.4. The summed E-state index contributed by atoms with van der Waals surface area (Å²) in [6.45, 7) is 0.143. The fourth-order valence-corrected chi connectivity index (χ4v) is 4.17. The average Bonchev–Trinajstić information content (AvgIpc) is 3.58. The molecule has 32 heavy (non-hydrogen) atoms. The van der Waals surface area contributed by atoms with Gasteiger partial charge in [-0.2, -0.15) is 0 Å². The molecule has 0 N–H and O–H groups in total. The molecule has 1 saturated heterocycles. The Morgan fingerprint density at radius 3 is 2.41 bits per heavy atom. The Kier molecular flexibility index (Phi) is 5.31. The lowest BCUT2D eigenvalue weighted by atomic mass is 10.1. The van der Waals surface area contributed by atoms with Crippen LogP contribution in [0.1, 0.15) is 23.2 Å². The van der Waals surface area contributed by atoms with Crippen LogP contribution >= 0.6 is 11.6 Å². The Labute approximate surface area is 191 Å². The predicted molar refractivity (Wildman–Crippen MR) is 124 cm³/mol. The lowest BCUT2D eigenvalue weighted by Crippen LogP contribution is -2.43. The molecule has 7 heteroatoms. The molecule has 0 atom stereocenters. The van der Waals surface area contributed by atoms with Crippen molar-refractivity contribution < 1.29 is 14.4 Å². The van der Waals surface area contributed by atoms with Crippen molar-refractivity contribution in [2.24, 2.45) is 0 Å². The van der Waals surface area contributed by atoms with Gasteiger partial charge in [0.05, 0.1) is 0 Å². The highest BCUT2D eigenvalue weighted by Gasteiger charge is 2.38. The summed E-state index contributed by atoms with van der Waals surface area (Å²) >= 11 is 5.93. The van der Waals surface area contributed by atoms with Crippen LogP contribution in [0.5, 0.6) is 0 Å². The van der Waals surface area contributed by atoms with Crippen LogP contribution < -0.4 is 4.90 Å². The first kappa shape index (κ1) is 20.5. The molecule has 0 spiro atoms. The third-order valence-corrected chi connectivity index (χ3v) is 6.23. The maximum Gasteiger partial charge on any atom is 0.254 e. The van der Waals surface area contributed by atoms with Crippen molar-refractivity contribution in [1.29, 1.82) is 0 Å². The largest absolute Gasteiger partial charge is 0.326 e. The van der Waals surface area contributed by atoms with Crippen molar-refractivity contribution in [3.05, 3.63) is 77.3 Å². The number of fused-ring (bicyclic) bond motifs is 1. The Balaban J connectivity index is 1.31. The second-order valence-corrected chi connectivity index (χ2v) is 8.69. The number of carbonyl (C=O) groups excluding carboxylic acids is 3.